The van der Waals surface area contributed by atoms with Crippen molar-refractivity contribution < 1.29 is 9.53 Å². The highest BCUT2D eigenvalue weighted by Crippen LogP contribution is 2.21. The molecule has 0 N–H and O–H groups in total. The highest BCUT2D eigenvalue weighted by molar-refractivity contribution is 5.81. The molecule has 0 aromatic rings. The summed E-state index contributed by atoms with van der Waals surface area (Å²) < 4.78 is 5.22. The predicted molar refractivity (Wildman–Crippen MR) is 49.9 cm³/mol. The zero-order valence-electron chi connectivity index (χ0n) is 8.22. The van der Waals surface area contributed by atoms with Crippen molar-refractivity contribution in [1.29, 1.82) is 0 Å². The largest absolute Gasteiger partial charge is 0.456 e. The van der Waals surface area contributed by atoms with E-state index in [0.29, 0.717) is 0 Å². The highest BCUT2D eigenvalue weighted by atomic mass is 16.6. The second-order valence-electron chi connectivity index (χ2n) is 3.18. The van der Waals surface area contributed by atoms with Gasteiger partial charge in [-0.2, -0.15) is 0 Å². The van der Waals surface area contributed by atoms with E-state index in [4.69, 9.17) is 4.74 Å². The number of ether oxygens (including phenoxy) is 1. The number of hydrogen-bond donors (Lipinski definition) is 0. The fourth-order valence-electron chi connectivity index (χ4n) is 1.11. The van der Waals surface area contributed by atoms with Crippen LogP contribution in [0.3, 0.4) is 0 Å². The van der Waals surface area contributed by atoms with Crippen LogP contribution in [-0.2, 0) is 9.53 Å². The molecule has 0 bridgehead atoms. The molecule has 0 amide bonds. The Bertz CT molecular complexity index is 163. The van der Waals surface area contributed by atoms with Crippen LogP contribution in [-0.4, -0.2) is 11.6 Å². The van der Waals surface area contributed by atoms with Crippen molar-refractivity contribution in [2.45, 2.75) is 45.6 Å². The number of rotatable bonds is 5. The van der Waals surface area contributed by atoms with Crippen molar-refractivity contribution >= 4 is 5.97 Å². The van der Waals surface area contributed by atoms with Crippen molar-refractivity contribution in [2.24, 2.45) is 0 Å². The van der Waals surface area contributed by atoms with E-state index in [0.717, 1.165) is 19.3 Å². The fraction of sp³-hybridized carbons (Fsp3) is 0.700. The molecular weight excluding hydrogens is 152 g/mol. The molecule has 1 unspecified atom stereocenters. The van der Waals surface area contributed by atoms with Gasteiger partial charge in [-0.25, -0.2) is 4.79 Å². The molecule has 0 aromatic heterocycles. The van der Waals surface area contributed by atoms with Crippen LogP contribution in [0.2, 0.25) is 0 Å². The van der Waals surface area contributed by atoms with Gasteiger partial charge in [0, 0.05) is 6.08 Å². The second-order valence-corrected chi connectivity index (χ2v) is 3.18. The molecule has 0 rings (SSSR count). The lowest BCUT2D eigenvalue weighted by molar-refractivity contribution is -0.152. The average molecular weight is 170 g/mol. The number of hydrogen-bond acceptors (Lipinski definition) is 2. The minimum absolute atomic E-state index is 0.306. The Labute approximate surface area is 74.6 Å². The highest BCUT2D eigenvalue weighted by Gasteiger charge is 2.24. The van der Waals surface area contributed by atoms with E-state index in [1.165, 1.54) is 6.08 Å². The van der Waals surface area contributed by atoms with Crippen LogP contribution >= 0.6 is 0 Å². The molecule has 2 heteroatoms. The SMILES string of the molecule is C=CC(=O)OC(C)(CC)CCC. The molecule has 0 aliphatic rings. The van der Waals surface area contributed by atoms with Crippen LogP contribution in [0.15, 0.2) is 12.7 Å². The van der Waals surface area contributed by atoms with Gasteiger partial charge in [-0.1, -0.05) is 26.8 Å². The molecule has 0 aromatic carbocycles. The molecule has 1 atom stereocenters. The van der Waals surface area contributed by atoms with E-state index < -0.39 is 0 Å². The monoisotopic (exact) mass is 170 g/mol. The van der Waals surface area contributed by atoms with Gasteiger partial charge in [-0.3, -0.25) is 0 Å². The van der Waals surface area contributed by atoms with Crippen molar-refractivity contribution in [2.75, 3.05) is 0 Å². The Balaban J connectivity index is 4.12. The van der Waals surface area contributed by atoms with Crippen molar-refractivity contribution in [3.63, 3.8) is 0 Å². The van der Waals surface area contributed by atoms with E-state index in [1.807, 2.05) is 13.8 Å². The third-order valence-corrected chi connectivity index (χ3v) is 2.04. The lowest BCUT2D eigenvalue weighted by atomic mass is 9.97. The van der Waals surface area contributed by atoms with Gasteiger partial charge in [0.05, 0.1) is 0 Å². The maximum Gasteiger partial charge on any atom is 0.330 e. The first-order valence-corrected chi connectivity index (χ1v) is 4.43. The molecule has 0 heterocycles. The van der Waals surface area contributed by atoms with Gasteiger partial charge < -0.3 is 4.74 Å². The van der Waals surface area contributed by atoms with E-state index in [2.05, 4.69) is 13.5 Å². The summed E-state index contributed by atoms with van der Waals surface area (Å²) in [6, 6.07) is 0. The zero-order valence-corrected chi connectivity index (χ0v) is 8.22. The molecular formula is C10H18O2. The van der Waals surface area contributed by atoms with E-state index in [9.17, 15) is 4.79 Å². The van der Waals surface area contributed by atoms with Gasteiger partial charge >= 0.3 is 5.97 Å². The van der Waals surface area contributed by atoms with Crippen LogP contribution in [0.5, 0.6) is 0 Å². The zero-order chi connectivity index (χ0) is 9.61. The molecule has 0 fully saturated rings. The van der Waals surface area contributed by atoms with Crippen molar-refractivity contribution in [1.82, 2.24) is 0 Å². The maximum atomic E-state index is 10.9. The van der Waals surface area contributed by atoms with Gasteiger partial charge in [0.15, 0.2) is 0 Å². The minimum atomic E-state index is -0.326. The topological polar surface area (TPSA) is 26.3 Å². The summed E-state index contributed by atoms with van der Waals surface area (Å²) in [6.07, 6.45) is 3.99. The Morgan fingerprint density at radius 2 is 2.17 bits per heavy atom. The summed E-state index contributed by atoms with van der Waals surface area (Å²) >= 11 is 0. The summed E-state index contributed by atoms with van der Waals surface area (Å²) in [7, 11) is 0. The van der Waals surface area contributed by atoms with Crippen LogP contribution in [0.4, 0.5) is 0 Å². The summed E-state index contributed by atoms with van der Waals surface area (Å²) in [5, 5.41) is 0. The molecule has 0 spiro atoms. The van der Waals surface area contributed by atoms with Crippen LogP contribution in [0.25, 0.3) is 0 Å². The third-order valence-electron chi connectivity index (χ3n) is 2.04. The molecule has 2 nitrogen and oxygen atoms in total. The lowest BCUT2D eigenvalue weighted by Crippen LogP contribution is -2.29. The fourth-order valence-corrected chi connectivity index (χ4v) is 1.11. The second kappa shape index (κ2) is 4.96. The van der Waals surface area contributed by atoms with Crippen LogP contribution < -0.4 is 0 Å². The summed E-state index contributed by atoms with van der Waals surface area (Å²) in [4.78, 5) is 10.9. The lowest BCUT2D eigenvalue weighted by Gasteiger charge is -2.27. The minimum Gasteiger partial charge on any atom is -0.456 e. The standard InChI is InChI=1S/C10H18O2/c1-5-8-10(4,7-3)12-9(11)6-2/h6H,2,5,7-8H2,1,3-4H3. The quantitative estimate of drug-likeness (QED) is 0.468. The number of esters is 1. The van der Waals surface area contributed by atoms with E-state index in [-0.39, 0.29) is 11.6 Å². The molecule has 0 aliphatic carbocycles. The Kier molecular flexibility index (Phi) is 4.64. The predicted octanol–water partition coefficient (Wildman–Crippen LogP) is 2.68. The molecule has 0 radical (unpaired) electrons. The molecule has 70 valence electrons. The van der Waals surface area contributed by atoms with Gasteiger partial charge in [-0.05, 0) is 19.8 Å². The summed E-state index contributed by atoms with van der Waals surface area (Å²) in [6.45, 7) is 9.42. The van der Waals surface area contributed by atoms with Crippen LogP contribution in [0, 0.1) is 0 Å². The maximum absolute atomic E-state index is 10.9. The number of carbonyl (C=O) groups excluding carboxylic acids is 1. The summed E-state index contributed by atoms with van der Waals surface area (Å²) in [5.41, 5.74) is -0.306. The average Bonchev–Trinajstić information content (AvgIpc) is 2.05. The van der Waals surface area contributed by atoms with Crippen molar-refractivity contribution in [3.8, 4) is 0 Å². The Morgan fingerprint density at radius 1 is 1.58 bits per heavy atom. The molecule has 12 heavy (non-hydrogen) atoms. The number of carbonyl (C=O) groups is 1. The Morgan fingerprint density at radius 3 is 2.50 bits per heavy atom. The van der Waals surface area contributed by atoms with Gasteiger partial charge in [0.2, 0.25) is 0 Å². The van der Waals surface area contributed by atoms with E-state index in [1.54, 1.807) is 0 Å². The van der Waals surface area contributed by atoms with Gasteiger partial charge in [0.25, 0.3) is 0 Å². The van der Waals surface area contributed by atoms with Crippen molar-refractivity contribution in [3.05, 3.63) is 12.7 Å². The normalized spacial score (nSPS) is 14.9. The first-order chi connectivity index (χ1) is 5.58. The molecule has 0 saturated heterocycles. The first-order valence-electron chi connectivity index (χ1n) is 4.43. The Hall–Kier alpha value is -0.790. The van der Waals surface area contributed by atoms with Gasteiger partial charge in [-0.15, -0.1) is 0 Å². The summed E-state index contributed by atoms with van der Waals surface area (Å²) in [5.74, 6) is -0.326. The molecule has 0 aliphatic heterocycles. The smallest absolute Gasteiger partial charge is 0.330 e. The van der Waals surface area contributed by atoms with E-state index >= 15 is 0 Å². The van der Waals surface area contributed by atoms with Crippen LogP contribution in [0.1, 0.15) is 40.0 Å². The first kappa shape index (κ1) is 11.2. The van der Waals surface area contributed by atoms with Gasteiger partial charge in [0.1, 0.15) is 5.60 Å². The third kappa shape index (κ3) is 3.56. The molecule has 0 saturated carbocycles.